The van der Waals surface area contributed by atoms with E-state index < -0.39 is 0 Å². The molecule has 1 fully saturated rings. The molecule has 1 saturated heterocycles. The van der Waals surface area contributed by atoms with Crippen LogP contribution in [-0.2, 0) is 17.8 Å². The minimum absolute atomic E-state index is 0. The lowest BCUT2D eigenvalue weighted by Gasteiger charge is -2.34. The van der Waals surface area contributed by atoms with E-state index in [2.05, 4.69) is 9.80 Å². The maximum absolute atomic E-state index is 13.2. The molecule has 3 nitrogen and oxygen atoms in total. The van der Waals surface area contributed by atoms with Gasteiger partial charge in [-0.1, -0.05) is 12.1 Å². The van der Waals surface area contributed by atoms with Crippen molar-refractivity contribution in [3.05, 3.63) is 58.0 Å². The number of thiophene rings is 1. The van der Waals surface area contributed by atoms with Crippen molar-refractivity contribution < 1.29 is 9.18 Å². The number of carbonyl (C=O) groups is 1. The zero-order valence-electron chi connectivity index (χ0n) is 13.9. The topological polar surface area (TPSA) is 23.6 Å². The number of benzene rings is 1. The van der Waals surface area contributed by atoms with E-state index in [1.807, 2.05) is 22.9 Å². The fourth-order valence-corrected chi connectivity index (χ4v) is 3.59. The van der Waals surface area contributed by atoms with Crippen LogP contribution < -0.4 is 0 Å². The first-order valence-electron chi connectivity index (χ1n) is 7.91. The zero-order chi connectivity index (χ0) is 16.1. The van der Waals surface area contributed by atoms with Gasteiger partial charge in [-0.05, 0) is 40.1 Å². The van der Waals surface area contributed by atoms with E-state index in [0.717, 1.165) is 43.9 Å². The SMILES string of the molecule is Cl.Cl.O=C(Cc1ccsc1)CN1CCN(Cc2cccc(F)c2)CC1. The maximum atomic E-state index is 13.2. The standard InChI is InChI=1S/C18H21FN2OS.2ClH/c19-17-3-1-2-15(10-17)12-20-5-7-21(8-6-20)13-18(22)11-16-4-9-23-14-16;;/h1-4,9-10,14H,5-8,11-13H2;2*1H. The Morgan fingerprint density at radius 3 is 2.40 bits per heavy atom. The van der Waals surface area contributed by atoms with Crippen molar-refractivity contribution in [2.24, 2.45) is 0 Å². The lowest BCUT2D eigenvalue weighted by Crippen LogP contribution is -2.47. The van der Waals surface area contributed by atoms with E-state index in [1.54, 1.807) is 23.5 Å². The Labute approximate surface area is 164 Å². The highest BCUT2D eigenvalue weighted by Crippen LogP contribution is 2.11. The summed E-state index contributed by atoms with van der Waals surface area (Å²) in [5.41, 5.74) is 2.12. The third-order valence-corrected chi connectivity index (χ3v) is 4.87. The molecule has 3 rings (SSSR count). The number of hydrogen-bond donors (Lipinski definition) is 0. The van der Waals surface area contributed by atoms with Crippen LogP contribution in [0.1, 0.15) is 11.1 Å². The summed E-state index contributed by atoms with van der Waals surface area (Å²) in [7, 11) is 0. The second kappa shape index (κ2) is 10.9. The summed E-state index contributed by atoms with van der Waals surface area (Å²) in [5, 5.41) is 4.04. The fourth-order valence-electron chi connectivity index (χ4n) is 2.93. The molecule has 0 atom stereocenters. The number of carbonyl (C=O) groups excluding carboxylic acids is 1. The van der Waals surface area contributed by atoms with Crippen LogP contribution in [-0.4, -0.2) is 48.3 Å². The first-order valence-corrected chi connectivity index (χ1v) is 8.85. The highest BCUT2D eigenvalue weighted by atomic mass is 35.5. The van der Waals surface area contributed by atoms with E-state index in [0.29, 0.717) is 13.0 Å². The highest BCUT2D eigenvalue weighted by Gasteiger charge is 2.19. The first kappa shape index (κ1) is 22.1. The Morgan fingerprint density at radius 2 is 1.76 bits per heavy atom. The third-order valence-electron chi connectivity index (χ3n) is 4.14. The molecule has 0 saturated carbocycles. The molecule has 0 N–H and O–H groups in total. The Hall–Kier alpha value is -0.980. The van der Waals surface area contributed by atoms with Gasteiger partial charge in [0.1, 0.15) is 5.82 Å². The van der Waals surface area contributed by atoms with Crippen molar-refractivity contribution in [1.29, 1.82) is 0 Å². The maximum Gasteiger partial charge on any atom is 0.151 e. The second-order valence-corrected chi connectivity index (χ2v) is 6.81. The zero-order valence-corrected chi connectivity index (χ0v) is 16.3. The minimum Gasteiger partial charge on any atom is -0.298 e. The third kappa shape index (κ3) is 7.04. The summed E-state index contributed by atoms with van der Waals surface area (Å²) in [5.74, 6) is 0.0992. The van der Waals surface area contributed by atoms with E-state index >= 15 is 0 Å². The van der Waals surface area contributed by atoms with Crippen molar-refractivity contribution in [3.8, 4) is 0 Å². The van der Waals surface area contributed by atoms with Gasteiger partial charge in [0.15, 0.2) is 5.78 Å². The van der Waals surface area contributed by atoms with E-state index in [-0.39, 0.29) is 36.4 Å². The minimum atomic E-state index is -0.180. The summed E-state index contributed by atoms with van der Waals surface area (Å²) in [6.07, 6.45) is 0.535. The largest absolute Gasteiger partial charge is 0.298 e. The summed E-state index contributed by atoms with van der Waals surface area (Å²) in [4.78, 5) is 16.6. The van der Waals surface area contributed by atoms with Gasteiger partial charge in [0.2, 0.25) is 0 Å². The van der Waals surface area contributed by atoms with Crippen LogP contribution in [0.3, 0.4) is 0 Å². The van der Waals surface area contributed by atoms with Gasteiger partial charge in [0, 0.05) is 39.1 Å². The number of hydrogen-bond acceptors (Lipinski definition) is 4. The van der Waals surface area contributed by atoms with Crippen LogP contribution in [0.15, 0.2) is 41.1 Å². The molecule has 2 heterocycles. The van der Waals surface area contributed by atoms with Gasteiger partial charge in [-0.2, -0.15) is 11.3 Å². The van der Waals surface area contributed by atoms with Gasteiger partial charge in [-0.3, -0.25) is 14.6 Å². The molecule has 1 aromatic carbocycles. The van der Waals surface area contributed by atoms with Crippen LogP contribution in [0.2, 0.25) is 0 Å². The molecule has 0 bridgehead atoms. The highest BCUT2D eigenvalue weighted by molar-refractivity contribution is 7.08. The number of Topliss-reactive ketones (excluding diaryl/α,β-unsaturated/α-hetero) is 1. The van der Waals surface area contributed by atoms with E-state index in [4.69, 9.17) is 0 Å². The Bertz CT molecular complexity index is 646. The number of ketones is 1. The average molecular weight is 405 g/mol. The summed E-state index contributed by atoms with van der Waals surface area (Å²) in [6.45, 7) is 4.93. The molecule has 0 spiro atoms. The van der Waals surface area contributed by atoms with Crippen LogP contribution in [0.25, 0.3) is 0 Å². The van der Waals surface area contributed by atoms with Crippen molar-refractivity contribution in [3.63, 3.8) is 0 Å². The predicted molar refractivity (Wildman–Crippen MR) is 106 cm³/mol. The molecule has 0 unspecified atom stereocenters. The lowest BCUT2D eigenvalue weighted by molar-refractivity contribution is -0.120. The quantitative estimate of drug-likeness (QED) is 0.733. The molecule has 1 aliphatic heterocycles. The monoisotopic (exact) mass is 404 g/mol. The molecular weight excluding hydrogens is 382 g/mol. The molecule has 1 aliphatic rings. The van der Waals surface area contributed by atoms with Crippen LogP contribution in [0.4, 0.5) is 4.39 Å². The van der Waals surface area contributed by atoms with Crippen LogP contribution >= 0.6 is 36.2 Å². The van der Waals surface area contributed by atoms with Gasteiger partial charge < -0.3 is 0 Å². The molecule has 7 heteroatoms. The van der Waals surface area contributed by atoms with Gasteiger partial charge in [-0.15, -0.1) is 24.8 Å². The van der Waals surface area contributed by atoms with E-state index in [9.17, 15) is 9.18 Å². The Morgan fingerprint density at radius 1 is 1.04 bits per heavy atom. The second-order valence-electron chi connectivity index (χ2n) is 6.03. The van der Waals surface area contributed by atoms with Crippen LogP contribution in [0, 0.1) is 5.82 Å². The molecule has 0 amide bonds. The Kier molecular flexibility index (Phi) is 9.61. The molecule has 138 valence electrons. The average Bonchev–Trinajstić information content (AvgIpc) is 3.02. The Balaban J connectivity index is 0.00000156. The lowest BCUT2D eigenvalue weighted by atomic mass is 10.1. The smallest absolute Gasteiger partial charge is 0.151 e. The van der Waals surface area contributed by atoms with Gasteiger partial charge >= 0.3 is 0 Å². The number of halogens is 3. The number of rotatable bonds is 6. The van der Waals surface area contributed by atoms with Crippen molar-refractivity contribution >= 4 is 41.9 Å². The van der Waals surface area contributed by atoms with Gasteiger partial charge in [-0.25, -0.2) is 4.39 Å². The van der Waals surface area contributed by atoms with Crippen molar-refractivity contribution in [2.45, 2.75) is 13.0 Å². The molecule has 1 aromatic heterocycles. The summed E-state index contributed by atoms with van der Waals surface area (Å²) < 4.78 is 13.2. The van der Waals surface area contributed by atoms with Gasteiger partial charge in [0.25, 0.3) is 0 Å². The van der Waals surface area contributed by atoms with E-state index in [1.165, 1.54) is 6.07 Å². The van der Waals surface area contributed by atoms with Crippen molar-refractivity contribution in [1.82, 2.24) is 9.80 Å². The number of nitrogens with zero attached hydrogens (tertiary/aromatic N) is 2. The summed E-state index contributed by atoms with van der Waals surface area (Å²) >= 11 is 1.63. The molecule has 2 aromatic rings. The normalized spacial score (nSPS) is 15.2. The predicted octanol–water partition coefficient (Wildman–Crippen LogP) is 3.66. The van der Waals surface area contributed by atoms with Gasteiger partial charge in [0.05, 0.1) is 6.54 Å². The first-order chi connectivity index (χ1) is 11.2. The fraction of sp³-hybridized carbons (Fsp3) is 0.389. The van der Waals surface area contributed by atoms with Crippen molar-refractivity contribution in [2.75, 3.05) is 32.7 Å². The summed E-state index contributed by atoms with van der Waals surface area (Å²) in [6, 6.07) is 8.79. The number of piperazine rings is 1. The molecule has 0 aliphatic carbocycles. The molecule has 0 radical (unpaired) electrons. The molecular formula is C18H23Cl2FN2OS. The molecule has 25 heavy (non-hydrogen) atoms. The van der Waals surface area contributed by atoms with Crippen LogP contribution in [0.5, 0.6) is 0 Å².